The summed E-state index contributed by atoms with van der Waals surface area (Å²) in [4.78, 5) is 12.4. The molecule has 1 N–H and O–H groups in total. The van der Waals surface area contributed by atoms with Gasteiger partial charge in [-0.1, -0.05) is 28.1 Å². The van der Waals surface area contributed by atoms with Gasteiger partial charge in [0.15, 0.2) is 0 Å². The van der Waals surface area contributed by atoms with E-state index in [2.05, 4.69) is 46.4 Å². The molecule has 20 heavy (non-hydrogen) atoms. The molecule has 1 aromatic rings. The normalized spacial score (nSPS) is 27.6. The number of halogens is 1. The quantitative estimate of drug-likeness (QED) is 0.841. The number of rotatable bonds is 2. The third kappa shape index (κ3) is 2.77. The zero-order valence-corrected chi connectivity index (χ0v) is 13.3. The van der Waals surface area contributed by atoms with Crippen LogP contribution in [0.15, 0.2) is 18.2 Å². The van der Waals surface area contributed by atoms with Gasteiger partial charge in [0, 0.05) is 22.9 Å². The van der Waals surface area contributed by atoms with Crippen molar-refractivity contribution < 1.29 is 9.53 Å². The van der Waals surface area contributed by atoms with E-state index in [4.69, 9.17) is 4.74 Å². The van der Waals surface area contributed by atoms with Crippen molar-refractivity contribution >= 4 is 21.8 Å². The highest BCUT2D eigenvalue weighted by Crippen LogP contribution is 2.38. The largest absolute Gasteiger partial charge is 0.378 e. The highest BCUT2D eigenvalue weighted by atomic mass is 79.9. The molecular weight excluding hydrogens is 318 g/mol. The summed E-state index contributed by atoms with van der Waals surface area (Å²) in [6, 6.07) is 6.32. The maximum Gasteiger partial charge on any atom is 0.251 e. The second-order valence-electron chi connectivity index (χ2n) is 5.82. The van der Waals surface area contributed by atoms with E-state index in [1.54, 1.807) is 0 Å². The summed E-state index contributed by atoms with van der Waals surface area (Å²) >= 11 is 3.80. The van der Waals surface area contributed by atoms with Gasteiger partial charge in [-0.05, 0) is 43.4 Å². The lowest BCUT2D eigenvalue weighted by Gasteiger charge is -2.18. The molecule has 0 spiro atoms. The molecule has 0 aromatic heterocycles. The van der Waals surface area contributed by atoms with Crippen LogP contribution in [-0.2, 0) is 11.2 Å². The number of carbonyl (C=O) groups excluding carboxylic acids is 1. The minimum absolute atomic E-state index is 0.0649. The predicted octanol–water partition coefficient (Wildman–Crippen LogP) is 3.22. The Bertz CT molecular complexity index is 517. The zero-order valence-electron chi connectivity index (χ0n) is 11.7. The summed E-state index contributed by atoms with van der Waals surface area (Å²) < 4.78 is 5.65. The first-order valence-electron chi connectivity index (χ1n) is 7.32. The Hall–Kier alpha value is -0.870. The van der Waals surface area contributed by atoms with E-state index in [0.717, 1.165) is 38.0 Å². The van der Waals surface area contributed by atoms with Crippen molar-refractivity contribution in [3.8, 4) is 0 Å². The van der Waals surface area contributed by atoms with Gasteiger partial charge in [0.25, 0.3) is 5.91 Å². The van der Waals surface area contributed by atoms with Crippen molar-refractivity contribution in [3.05, 3.63) is 34.9 Å². The molecule has 0 aliphatic carbocycles. The molecule has 2 aliphatic rings. The maximum atomic E-state index is 12.1. The van der Waals surface area contributed by atoms with Gasteiger partial charge in [-0.2, -0.15) is 0 Å². The summed E-state index contributed by atoms with van der Waals surface area (Å²) in [5.74, 6) is 0.548. The zero-order chi connectivity index (χ0) is 14.1. The second-order valence-corrected chi connectivity index (χ2v) is 6.80. The van der Waals surface area contributed by atoms with Crippen molar-refractivity contribution in [2.24, 2.45) is 5.92 Å². The van der Waals surface area contributed by atoms with Crippen molar-refractivity contribution in [1.29, 1.82) is 0 Å². The van der Waals surface area contributed by atoms with Crippen LogP contribution in [-0.4, -0.2) is 25.2 Å². The Labute approximate surface area is 128 Å². The smallest absolute Gasteiger partial charge is 0.251 e. The van der Waals surface area contributed by atoms with Crippen LogP contribution in [0.3, 0.4) is 0 Å². The molecule has 3 unspecified atom stereocenters. The fourth-order valence-corrected chi connectivity index (χ4v) is 3.75. The van der Waals surface area contributed by atoms with E-state index in [1.807, 2.05) is 0 Å². The number of fused-ring (bicyclic) bond motifs is 1. The molecular formula is C16H20BrNO2. The monoisotopic (exact) mass is 337 g/mol. The Morgan fingerprint density at radius 2 is 2.30 bits per heavy atom. The highest BCUT2D eigenvalue weighted by Gasteiger charge is 2.29. The first-order valence-corrected chi connectivity index (χ1v) is 8.23. The lowest BCUT2D eigenvalue weighted by atomic mass is 9.93. The van der Waals surface area contributed by atoms with Gasteiger partial charge in [0.05, 0.1) is 12.7 Å². The lowest BCUT2D eigenvalue weighted by Crippen LogP contribution is -2.22. The summed E-state index contributed by atoms with van der Waals surface area (Å²) in [6.07, 6.45) is 3.40. The Morgan fingerprint density at radius 1 is 1.45 bits per heavy atom. The molecule has 1 saturated heterocycles. The van der Waals surface area contributed by atoms with Crippen molar-refractivity contribution in [2.45, 2.75) is 37.1 Å². The number of aryl methyl sites for hydroxylation is 1. The summed E-state index contributed by atoms with van der Waals surface area (Å²) in [7, 11) is 0. The summed E-state index contributed by atoms with van der Waals surface area (Å²) in [6.45, 7) is 3.68. The number of hydrogen-bond acceptors (Lipinski definition) is 2. The molecule has 1 amide bonds. The highest BCUT2D eigenvalue weighted by molar-refractivity contribution is 9.09. The fourth-order valence-electron chi connectivity index (χ4n) is 3.10. The predicted molar refractivity (Wildman–Crippen MR) is 82.3 cm³/mol. The van der Waals surface area contributed by atoms with Crippen LogP contribution >= 0.6 is 15.9 Å². The minimum atomic E-state index is 0.0649. The van der Waals surface area contributed by atoms with Gasteiger partial charge in [-0.3, -0.25) is 4.79 Å². The third-order valence-electron chi connectivity index (χ3n) is 4.25. The molecule has 0 bridgehead atoms. The Kier molecular flexibility index (Phi) is 4.13. The van der Waals surface area contributed by atoms with Crippen LogP contribution in [0.5, 0.6) is 0 Å². The molecule has 1 fully saturated rings. The minimum Gasteiger partial charge on any atom is -0.378 e. The number of alkyl halides is 1. The van der Waals surface area contributed by atoms with Crippen molar-refractivity contribution in [1.82, 2.24) is 5.32 Å². The molecule has 2 heterocycles. The molecule has 2 aliphatic heterocycles. The molecule has 3 nitrogen and oxygen atoms in total. The van der Waals surface area contributed by atoms with E-state index in [1.165, 1.54) is 11.1 Å². The van der Waals surface area contributed by atoms with E-state index < -0.39 is 0 Å². The average Bonchev–Trinajstić information content (AvgIpc) is 2.80. The standard InChI is InChI=1S/C16H20BrNO2/c1-10-7-13(9-20-10)15(17)12-5-4-11-3-2-6-18-16(19)14(11)8-12/h4-5,8,10,13,15H,2-3,6-7,9H2,1H3,(H,18,19). The second kappa shape index (κ2) is 5.86. The molecule has 1 aromatic carbocycles. The van der Waals surface area contributed by atoms with Crippen molar-refractivity contribution in [2.75, 3.05) is 13.2 Å². The van der Waals surface area contributed by atoms with E-state index >= 15 is 0 Å². The molecule has 108 valence electrons. The number of carbonyl (C=O) groups is 1. The molecule has 0 radical (unpaired) electrons. The van der Waals surface area contributed by atoms with Crippen LogP contribution in [0, 0.1) is 5.92 Å². The van der Waals surface area contributed by atoms with Crippen LogP contribution in [0.2, 0.25) is 0 Å². The fraction of sp³-hybridized carbons (Fsp3) is 0.562. The van der Waals surface area contributed by atoms with E-state index in [9.17, 15) is 4.79 Å². The van der Waals surface area contributed by atoms with Gasteiger partial charge in [0.2, 0.25) is 0 Å². The first-order chi connectivity index (χ1) is 9.65. The molecule has 0 saturated carbocycles. The van der Waals surface area contributed by atoms with E-state index in [-0.39, 0.29) is 10.7 Å². The Morgan fingerprint density at radius 3 is 3.05 bits per heavy atom. The van der Waals surface area contributed by atoms with Gasteiger partial charge < -0.3 is 10.1 Å². The maximum absolute atomic E-state index is 12.1. The van der Waals surface area contributed by atoms with Crippen LogP contribution in [0.1, 0.15) is 46.1 Å². The van der Waals surface area contributed by atoms with Crippen LogP contribution in [0.4, 0.5) is 0 Å². The molecule has 3 atom stereocenters. The van der Waals surface area contributed by atoms with Crippen LogP contribution in [0.25, 0.3) is 0 Å². The van der Waals surface area contributed by atoms with Gasteiger partial charge in [-0.15, -0.1) is 0 Å². The van der Waals surface area contributed by atoms with Crippen LogP contribution < -0.4 is 5.32 Å². The Balaban J connectivity index is 1.86. The molecule has 3 rings (SSSR count). The SMILES string of the molecule is CC1CC(C(Br)c2ccc3c(c2)C(=O)NCCC3)CO1. The van der Waals surface area contributed by atoms with E-state index in [0.29, 0.717) is 12.0 Å². The number of amides is 1. The summed E-state index contributed by atoms with van der Waals surface area (Å²) in [5, 5.41) is 2.96. The number of ether oxygens (including phenoxy) is 1. The van der Waals surface area contributed by atoms with Gasteiger partial charge in [0.1, 0.15) is 0 Å². The number of nitrogens with one attached hydrogen (secondary N) is 1. The first kappa shape index (κ1) is 14.1. The number of benzene rings is 1. The molecule has 4 heteroatoms. The van der Waals surface area contributed by atoms with Gasteiger partial charge in [-0.25, -0.2) is 0 Å². The van der Waals surface area contributed by atoms with Gasteiger partial charge >= 0.3 is 0 Å². The van der Waals surface area contributed by atoms with Crippen molar-refractivity contribution in [3.63, 3.8) is 0 Å². The lowest BCUT2D eigenvalue weighted by molar-refractivity contribution is 0.0956. The third-order valence-corrected chi connectivity index (χ3v) is 5.53. The summed E-state index contributed by atoms with van der Waals surface area (Å²) in [5.41, 5.74) is 3.19. The topological polar surface area (TPSA) is 38.3 Å². The average molecular weight is 338 g/mol. The number of hydrogen-bond donors (Lipinski definition) is 1.